The van der Waals surface area contributed by atoms with Gasteiger partial charge in [0.25, 0.3) is 0 Å². The molecule has 0 saturated carbocycles. The van der Waals surface area contributed by atoms with Gasteiger partial charge >= 0.3 is 0 Å². The van der Waals surface area contributed by atoms with Crippen LogP contribution in [0.15, 0.2) is 18.2 Å². The van der Waals surface area contributed by atoms with Crippen molar-refractivity contribution in [2.24, 2.45) is 11.8 Å². The van der Waals surface area contributed by atoms with Gasteiger partial charge in [0.2, 0.25) is 0 Å². The van der Waals surface area contributed by atoms with Crippen molar-refractivity contribution in [2.75, 3.05) is 11.9 Å². The molecule has 0 fully saturated rings. The molecule has 0 spiro atoms. The lowest BCUT2D eigenvalue weighted by atomic mass is 9.97. The van der Waals surface area contributed by atoms with Crippen LogP contribution >= 0.6 is 23.2 Å². The molecule has 0 amide bonds. The Morgan fingerprint density at radius 1 is 1.31 bits per heavy atom. The van der Waals surface area contributed by atoms with Crippen molar-refractivity contribution in [1.29, 1.82) is 5.26 Å². The summed E-state index contributed by atoms with van der Waals surface area (Å²) in [4.78, 5) is 0. The van der Waals surface area contributed by atoms with Gasteiger partial charge in [0.1, 0.15) is 0 Å². The maximum Gasteiger partial charge on any atom is 0.0677 e. The van der Waals surface area contributed by atoms with Crippen molar-refractivity contribution in [2.45, 2.75) is 13.8 Å². The minimum absolute atomic E-state index is 0.00514. The molecular weight excluding hydrogens is 243 g/mol. The van der Waals surface area contributed by atoms with Crippen LogP contribution in [0.4, 0.5) is 5.69 Å². The number of nitriles is 1. The molecule has 1 N–H and O–H groups in total. The lowest BCUT2D eigenvalue weighted by Gasteiger charge is -2.14. The van der Waals surface area contributed by atoms with Gasteiger partial charge in [0, 0.05) is 12.2 Å². The monoisotopic (exact) mass is 256 g/mol. The Morgan fingerprint density at radius 2 is 2.00 bits per heavy atom. The molecule has 0 bridgehead atoms. The number of benzene rings is 1. The summed E-state index contributed by atoms with van der Waals surface area (Å²) < 4.78 is 0. The molecule has 1 atom stereocenters. The average Bonchev–Trinajstić information content (AvgIpc) is 2.23. The van der Waals surface area contributed by atoms with Gasteiger partial charge in [-0.15, -0.1) is 0 Å². The summed E-state index contributed by atoms with van der Waals surface area (Å²) in [6.45, 7) is 4.68. The number of halogens is 2. The highest BCUT2D eigenvalue weighted by atomic mass is 35.5. The van der Waals surface area contributed by atoms with Crippen LogP contribution in [0.1, 0.15) is 13.8 Å². The Morgan fingerprint density at radius 3 is 2.50 bits per heavy atom. The Bertz CT molecular complexity index is 396. The van der Waals surface area contributed by atoms with Crippen LogP contribution in [0, 0.1) is 23.2 Å². The summed E-state index contributed by atoms with van der Waals surface area (Å²) in [6.07, 6.45) is 0. The van der Waals surface area contributed by atoms with E-state index in [2.05, 4.69) is 11.4 Å². The van der Waals surface area contributed by atoms with Gasteiger partial charge in [-0.3, -0.25) is 0 Å². The van der Waals surface area contributed by atoms with Crippen molar-refractivity contribution in [3.8, 4) is 6.07 Å². The summed E-state index contributed by atoms with van der Waals surface area (Å²) in [5.74, 6) is 0.328. The van der Waals surface area contributed by atoms with E-state index in [1.807, 2.05) is 19.9 Å². The fourth-order valence-corrected chi connectivity index (χ4v) is 1.56. The molecule has 0 aliphatic rings. The smallest absolute Gasteiger partial charge is 0.0677 e. The van der Waals surface area contributed by atoms with Crippen LogP contribution in [0.5, 0.6) is 0 Å². The van der Waals surface area contributed by atoms with Gasteiger partial charge in [-0.05, 0) is 24.1 Å². The minimum atomic E-state index is -0.00514. The second-order valence-corrected chi connectivity index (χ2v) is 4.80. The first-order valence-electron chi connectivity index (χ1n) is 5.13. The quantitative estimate of drug-likeness (QED) is 0.877. The van der Waals surface area contributed by atoms with E-state index >= 15 is 0 Å². The molecule has 0 heterocycles. The zero-order chi connectivity index (χ0) is 12.1. The second kappa shape index (κ2) is 5.98. The Kier molecular flexibility index (Phi) is 4.92. The molecule has 1 aromatic rings. The third kappa shape index (κ3) is 3.59. The number of nitrogens with one attached hydrogen (secondary N) is 1. The van der Waals surface area contributed by atoms with Crippen molar-refractivity contribution in [3.63, 3.8) is 0 Å². The predicted molar refractivity (Wildman–Crippen MR) is 68.9 cm³/mol. The normalized spacial score (nSPS) is 12.2. The molecule has 0 aliphatic heterocycles. The highest BCUT2D eigenvalue weighted by Gasteiger charge is 2.11. The van der Waals surface area contributed by atoms with E-state index in [1.54, 1.807) is 12.1 Å². The third-order valence-electron chi connectivity index (χ3n) is 2.42. The summed E-state index contributed by atoms with van der Waals surface area (Å²) in [5, 5.41) is 13.2. The van der Waals surface area contributed by atoms with E-state index in [4.69, 9.17) is 28.5 Å². The van der Waals surface area contributed by atoms with Gasteiger partial charge < -0.3 is 5.32 Å². The van der Waals surface area contributed by atoms with Gasteiger partial charge in [-0.1, -0.05) is 37.0 Å². The number of hydrogen-bond acceptors (Lipinski definition) is 2. The van der Waals surface area contributed by atoms with Gasteiger partial charge in [-0.25, -0.2) is 0 Å². The molecule has 2 nitrogen and oxygen atoms in total. The van der Waals surface area contributed by atoms with Crippen molar-refractivity contribution in [1.82, 2.24) is 0 Å². The maximum atomic E-state index is 8.94. The van der Waals surface area contributed by atoms with E-state index in [9.17, 15) is 0 Å². The van der Waals surface area contributed by atoms with Crippen LogP contribution in [0.25, 0.3) is 0 Å². The van der Waals surface area contributed by atoms with Crippen molar-refractivity contribution in [3.05, 3.63) is 28.2 Å². The Labute approximate surface area is 106 Å². The van der Waals surface area contributed by atoms with Gasteiger partial charge in [0.05, 0.1) is 22.0 Å². The van der Waals surface area contributed by atoms with E-state index < -0.39 is 0 Å². The van der Waals surface area contributed by atoms with Crippen LogP contribution in [0.3, 0.4) is 0 Å². The molecule has 1 rings (SSSR count). The van der Waals surface area contributed by atoms with E-state index in [1.165, 1.54) is 0 Å². The molecule has 1 aromatic carbocycles. The summed E-state index contributed by atoms with van der Waals surface area (Å²) >= 11 is 11.7. The first kappa shape index (κ1) is 13.2. The van der Waals surface area contributed by atoms with Crippen LogP contribution in [-0.4, -0.2) is 6.54 Å². The van der Waals surface area contributed by atoms with E-state index in [0.717, 1.165) is 5.69 Å². The molecule has 1 unspecified atom stereocenters. The van der Waals surface area contributed by atoms with Crippen LogP contribution in [-0.2, 0) is 0 Å². The SMILES string of the molecule is CC(C)C(C#N)CNc1ccc(Cl)c(Cl)c1. The zero-order valence-corrected chi connectivity index (χ0v) is 10.8. The van der Waals surface area contributed by atoms with E-state index in [-0.39, 0.29) is 5.92 Å². The molecule has 4 heteroatoms. The van der Waals surface area contributed by atoms with Crippen molar-refractivity contribution < 1.29 is 0 Å². The third-order valence-corrected chi connectivity index (χ3v) is 3.16. The fourth-order valence-electron chi connectivity index (χ4n) is 1.26. The summed E-state index contributed by atoms with van der Waals surface area (Å²) in [5.41, 5.74) is 0.885. The van der Waals surface area contributed by atoms with E-state index in [0.29, 0.717) is 22.5 Å². The topological polar surface area (TPSA) is 35.8 Å². The van der Waals surface area contributed by atoms with Gasteiger partial charge in [0.15, 0.2) is 0 Å². The van der Waals surface area contributed by atoms with Crippen molar-refractivity contribution >= 4 is 28.9 Å². The van der Waals surface area contributed by atoms with Crippen LogP contribution in [0.2, 0.25) is 10.0 Å². The lowest BCUT2D eigenvalue weighted by Crippen LogP contribution is -2.17. The molecule has 16 heavy (non-hydrogen) atoms. The first-order chi connectivity index (χ1) is 7.54. The maximum absolute atomic E-state index is 8.94. The number of rotatable bonds is 4. The second-order valence-electron chi connectivity index (χ2n) is 3.99. The fraction of sp³-hybridized carbons (Fsp3) is 0.417. The highest BCUT2D eigenvalue weighted by Crippen LogP contribution is 2.25. The number of hydrogen-bond donors (Lipinski definition) is 1. The molecular formula is C12H14Cl2N2. The summed E-state index contributed by atoms with van der Waals surface area (Å²) in [6, 6.07) is 7.63. The molecule has 86 valence electrons. The average molecular weight is 257 g/mol. The molecule has 0 saturated heterocycles. The first-order valence-corrected chi connectivity index (χ1v) is 5.88. The Hall–Kier alpha value is -0.910. The predicted octanol–water partition coefficient (Wildman–Crippen LogP) is 4.20. The Balaban J connectivity index is 2.61. The number of nitrogens with zero attached hydrogens (tertiary/aromatic N) is 1. The highest BCUT2D eigenvalue weighted by molar-refractivity contribution is 6.42. The van der Waals surface area contributed by atoms with Gasteiger partial charge in [-0.2, -0.15) is 5.26 Å². The molecule has 0 aromatic heterocycles. The summed E-state index contributed by atoms with van der Waals surface area (Å²) in [7, 11) is 0. The molecule has 0 aliphatic carbocycles. The standard InChI is InChI=1S/C12H14Cl2N2/c1-8(2)9(6-15)7-16-10-3-4-11(13)12(14)5-10/h3-5,8-9,16H,7H2,1-2H3. The largest absolute Gasteiger partial charge is 0.384 e. The van der Waals surface area contributed by atoms with Crippen LogP contribution < -0.4 is 5.32 Å². The molecule has 0 radical (unpaired) electrons. The zero-order valence-electron chi connectivity index (χ0n) is 9.30. The minimum Gasteiger partial charge on any atom is -0.384 e. The number of anilines is 1. The lowest BCUT2D eigenvalue weighted by molar-refractivity contribution is 0.496.